The average Bonchev–Trinajstić information content (AvgIpc) is 2.90. The molecule has 2 aliphatic rings. The van der Waals surface area contributed by atoms with Crippen LogP contribution in [0.4, 0.5) is 11.6 Å². The van der Waals surface area contributed by atoms with Crippen molar-refractivity contribution in [3.8, 4) is 0 Å². The van der Waals surface area contributed by atoms with E-state index in [1.165, 1.54) is 0 Å². The molecular formula is C28H40N6O2. The summed E-state index contributed by atoms with van der Waals surface area (Å²) in [6, 6.07) is 6.87. The number of unbranched alkanes of at least 4 members (excludes halogenated alkanes) is 1. The van der Waals surface area contributed by atoms with Gasteiger partial charge in [-0.15, -0.1) is 0 Å². The Balaban J connectivity index is 1.58. The van der Waals surface area contributed by atoms with Crippen molar-refractivity contribution < 1.29 is 5.11 Å². The summed E-state index contributed by atoms with van der Waals surface area (Å²) < 4.78 is 1.90. The average molecular weight is 493 g/mol. The van der Waals surface area contributed by atoms with Gasteiger partial charge in [0.1, 0.15) is 5.65 Å². The van der Waals surface area contributed by atoms with E-state index >= 15 is 0 Å². The zero-order valence-corrected chi connectivity index (χ0v) is 21.9. The van der Waals surface area contributed by atoms with E-state index in [0.29, 0.717) is 30.5 Å². The van der Waals surface area contributed by atoms with Crippen molar-refractivity contribution in [3.63, 3.8) is 0 Å². The fourth-order valence-corrected chi connectivity index (χ4v) is 5.73. The van der Waals surface area contributed by atoms with Crippen LogP contribution < -0.4 is 15.8 Å². The van der Waals surface area contributed by atoms with Gasteiger partial charge in [0.15, 0.2) is 0 Å². The van der Waals surface area contributed by atoms with Gasteiger partial charge in [0.25, 0.3) is 5.56 Å². The van der Waals surface area contributed by atoms with Gasteiger partial charge in [-0.2, -0.15) is 4.98 Å². The van der Waals surface area contributed by atoms with Gasteiger partial charge >= 0.3 is 0 Å². The van der Waals surface area contributed by atoms with Gasteiger partial charge in [-0.3, -0.25) is 14.3 Å². The van der Waals surface area contributed by atoms with Crippen molar-refractivity contribution in [2.45, 2.75) is 77.5 Å². The molecule has 1 aliphatic carbocycles. The Kier molecular flexibility index (Phi) is 7.44. The van der Waals surface area contributed by atoms with Crippen LogP contribution in [0, 0.1) is 0 Å². The van der Waals surface area contributed by atoms with Crippen molar-refractivity contribution in [2.24, 2.45) is 0 Å². The number of aliphatic hydroxyl groups is 1. The van der Waals surface area contributed by atoms with E-state index < -0.39 is 0 Å². The van der Waals surface area contributed by atoms with Gasteiger partial charge in [-0.1, -0.05) is 19.4 Å². The predicted molar refractivity (Wildman–Crippen MR) is 147 cm³/mol. The normalized spacial score (nSPS) is 21.5. The second-order valence-electron chi connectivity index (χ2n) is 10.7. The third-order valence-corrected chi connectivity index (χ3v) is 7.99. The summed E-state index contributed by atoms with van der Waals surface area (Å²) in [5.74, 6) is 0.568. The minimum Gasteiger partial charge on any atom is -0.393 e. The molecule has 0 radical (unpaired) electrons. The predicted octanol–water partition coefficient (Wildman–Crippen LogP) is 4.16. The molecule has 2 aromatic heterocycles. The first-order valence-corrected chi connectivity index (χ1v) is 13.7. The van der Waals surface area contributed by atoms with Gasteiger partial charge in [-0.05, 0) is 63.5 Å². The van der Waals surface area contributed by atoms with Crippen LogP contribution in [-0.2, 0) is 0 Å². The van der Waals surface area contributed by atoms with E-state index in [0.717, 1.165) is 80.3 Å². The number of rotatable bonds is 7. The first-order valence-electron chi connectivity index (χ1n) is 13.7. The molecule has 0 spiro atoms. The lowest BCUT2D eigenvalue weighted by Gasteiger charge is -2.38. The maximum absolute atomic E-state index is 14.1. The highest BCUT2D eigenvalue weighted by molar-refractivity contribution is 6.05. The molecular weight excluding hydrogens is 452 g/mol. The molecule has 8 nitrogen and oxygen atoms in total. The molecule has 36 heavy (non-hydrogen) atoms. The lowest BCUT2D eigenvalue weighted by atomic mass is 9.92. The standard InChI is InChI=1S/C28H40N6O2/c1-4-5-12-29-28-30-18-25-23-11-8-21(33-15-13-32(14-16-33)19(2)3)17-24(23)27(36)34(26(25)31-28)20-6-9-22(35)10-7-20/h8,11,17-20,22,35H,4-7,9-10,12-16H2,1-3H3,(H,29,30,31). The zero-order chi connectivity index (χ0) is 25.2. The van der Waals surface area contributed by atoms with Crippen molar-refractivity contribution in [1.82, 2.24) is 19.4 Å². The maximum Gasteiger partial charge on any atom is 0.260 e. The number of aliphatic hydroxyl groups excluding tert-OH is 1. The summed E-state index contributed by atoms with van der Waals surface area (Å²) in [5, 5.41) is 16.0. The molecule has 0 bridgehead atoms. The number of benzene rings is 1. The SMILES string of the molecule is CCCCNc1ncc2c3ccc(N4CCN(C(C)C)CC4)cc3c(=O)n(C3CCC(O)CC3)c2n1. The van der Waals surface area contributed by atoms with Gasteiger partial charge in [-0.25, -0.2) is 4.98 Å². The lowest BCUT2D eigenvalue weighted by molar-refractivity contribution is 0.111. The Morgan fingerprint density at radius 2 is 1.81 bits per heavy atom. The lowest BCUT2D eigenvalue weighted by Crippen LogP contribution is -2.48. The van der Waals surface area contributed by atoms with E-state index in [1.807, 2.05) is 10.8 Å². The maximum atomic E-state index is 14.1. The summed E-state index contributed by atoms with van der Waals surface area (Å²) >= 11 is 0. The van der Waals surface area contributed by atoms with Crippen LogP contribution in [0.5, 0.6) is 0 Å². The van der Waals surface area contributed by atoms with Crippen molar-refractivity contribution in [2.75, 3.05) is 42.9 Å². The summed E-state index contributed by atoms with van der Waals surface area (Å²) in [6.45, 7) is 11.4. The molecule has 0 amide bonds. The Morgan fingerprint density at radius 1 is 1.06 bits per heavy atom. The van der Waals surface area contributed by atoms with Gasteiger partial charge < -0.3 is 15.3 Å². The van der Waals surface area contributed by atoms with E-state index in [1.54, 1.807) is 0 Å². The Labute approximate surface area is 213 Å². The van der Waals surface area contributed by atoms with Gasteiger partial charge in [0.05, 0.1) is 11.5 Å². The number of hydrogen-bond donors (Lipinski definition) is 2. The highest BCUT2D eigenvalue weighted by Gasteiger charge is 2.26. The first-order chi connectivity index (χ1) is 17.5. The topological polar surface area (TPSA) is 86.5 Å². The molecule has 5 rings (SSSR count). The number of piperazine rings is 1. The van der Waals surface area contributed by atoms with Crippen LogP contribution in [0.15, 0.2) is 29.2 Å². The number of nitrogens with one attached hydrogen (secondary N) is 1. The minimum atomic E-state index is -0.277. The molecule has 1 saturated heterocycles. The molecule has 2 fully saturated rings. The van der Waals surface area contributed by atoms with E-state index in [2.05, 4.69) is 59.1 Å². The molecule has 2 N–H and O–H groups in total. The minimum absolute atomic E-state index is 0.0137. The molecule has 1 aromatic carbocycles. The second kappa shape index (κ2) is 10.7. The fourth-order valence-electron chi connectivity index (χ4n) is 5.73. The highest BCUT2D eigenvalue weighted by atomic mass is 16.3. The number of fused-ring (bicyclic) bond motifs is 3. The molecule has 3 heterocycles. The third-order valence-electron chi connectivity index (χ3n) is 7.99. The number of pyridine rings is 1. The van der Waals surface area contributed by atoms with Crippen molar-refractivity contribution in [1.29, 1.82) is 0 Å². The summed E-state index contributed by atoms with van der Waals surface area (Å²) in [6.07, 6.45) is 6.71. The van der Waals surface area contributed by atoms with Crippen LogP contribution >= 0.6 is 0 Å². The molecule has 1 aliphatic heterocycles. The first kappa shape index (κ1) is 25.0. The second-order valence-corrected chi connectivity index (χ2v) is 10.7. The summed E-state index contributed by atoms with van der Waals surface area (Å²) in [7, 11) is 0. The summed E-state index contributed by atoms with van der Waals surface area (Å²) in [5.41, 5.74) is 1.81. The van der Waals surface area contributed by atoms with Crippen LogP contribution in [-0.4, -0.2) is 69.4 Å². The number of aromatic nitrogens is 3. The largest absolute Gasteiger partial charge is 0.393 e. The molecule has 8 heteroatoms. The van der Waals surface area contributed by atoms with Crippen LogP contribution in [0.3, 0.4) is 0 Å². The quantitative estimate of drug-likeness (QED) is 0.378. The molecule has 194 valence electrons. The van der Waals surface area contributed by atoms with Gasteiger partial charge in [0.2, 0.25) is 5.95 Å². The number of hydrogen-bond acceptors (Lipinski definition) is 7. The molecule has 0 unspecified atom stereocenters. The Hall–Kier alpha value is -2.71. The molecule has 1 saturated carbocycles. The highest BCUT2D eigenvalue weighted by Crippen LogP contribution is 2.33. The summed E-state index contributed by atoms with van der Waals surface area (Å²) in [4.78, 5) is 28.4. The molecule has 0 atom stereocenters. The van der Waals surface area contributed by atoms with Crippen molar-refractivity contribution >= 4 is 33.4 Å². The fraction of sp³-hybridized carbons (Fsp3) is 0.607. The molecule has 3 aromatic rings. The van der Waals surface area contributed by atoms with E-state index in [-0.39, 0.29) is 17.7 Å². The third kappa shape index (κ3) is 4.93. The van der Waals surface area contributed by atoms with Crippen LogP contribution in [0.2, 0.25) is 0 Å². The Morgan fingerprint density at radius 3 is 2.50 bits per heavy atom. The van der Waals surface area contributed by atoms with E-state index in [4.69, 9.17) is 4.98 Å². The van der Waals surface area contributed by atoms with E-state index in [9.17, 15) is 9.90 Å². The number of nitrogens with zero attached hydrogens (tertiary/aromatic N) is 5. The zero-order valence-electron chi connectivity index (χ0n) is 21.9. The van der Waals surface area contributed by atoms with Crippen LogP contribution in [0.25, 0.3) is 21.8 Å². The number of anilines is 2. The Bertz CT molecular complexity index is 1260. The smallest absolute Gasteiger partial charge is 0.260 e. The van der Waals surface area contributed by atoms with Crippen molar-refractivity contribution in [3.05, 3.63) is 34.7 Å². The van der Waals surface area contributed by atoms with Crippen LogP contribution in [0.1, 0.15) is 65.3 Å². The monoisotopic (exact) mass is 492 g/mol. The van der Waals surface area contributed by atoms with Gasteiger partial charge in [0, 0.05) is 62.1 Å².